The SMILES string of the molecule is COC(=O)/C(C)=C/CNCCc1ccncc1. The zero-order valence-electron chi connectivity index (χ0n) is 10.3. The number of methoxy groups -OCH3 is 1. The normalized spacial score (nSPS) is 11.3. The third-order valence-corrected chi connectivity index (χ3v) is 2.40. The zero-order valence-corrected chi connectivity index (χ0v) is 10.3. The third kappa shape index (κ3) is 5.26. The number of hydrogen-bond acceptors (Lipinski definition) is 4. The molecular weight excluding hydrogens is 216 g/mol. The molecule has 17 heavy (non-hydrogen) atoms. The maximum Gasteiger partial charge on any atom is 0.333 e. The van der Waals surface area contributed by atoms with Crippen molar-refractivity contribution in [2.24, 2.45) is 0 Å². The van der Waals surface area contributed by atoms with E-state index in [1.807, 2.05) is 18.2 Å². The van der Waals surface area contributed by atoms with E-state index in [0.29, 0.717) is 12.1 Å². The Labute approximate surface area is 102 Å². The molecule has 0 saturated heterocycles. The first kappa shape index (κ1) is 13.4. The molecule has 4 nitrogen and oxygen atoms in total. The van der Waals surface area contributed by atoms with Gasteiger partial charge >= 0.3 is 5.97 Å². The van der Waals surface area contributed by atoms with Crippen molar-refractivity contribution in [1.82, 2.24) is 10.3 Å². The molecule has 92 valence electrons. The summed E-state index contributed by atoms with van der Waals surface area (Å²) in [7, 11) is 1.39. The van der Waals surface area contributed by atoms with Crippen molar-refractivity contribution in [2.75, 3.05) is 20.2 Å². The fourth-order valence-electron chi connectivity index (χ4n) is 1.35. The van der Waals surface area contributed by atoms with Gasteiger partial charge in [0, 0.05) is 24.5 Å². The van der Waals surface area contributed by atoms with Crippen molar-refractivity contribution in [1.29, 1.82) is 0 Å². The molecule has 0 aliphatic carbocycles. The van der Waals surface area contributed by atoms with Gasteiger partial charge in [-0.2, -0.15) is 0 Å². The minimum Gasteiger partial charge on any atom is -0.466 e. The number of ether oxygens (including phenoxy) is 1. The van der Waals surface area contributed by atoms with Gasteiger partial charge in [0.1, 0.15) is 0 Å². The molecule has 0 fully saturated rings. The Kier molecular flexibility index (Phi) is 5.96. The maximum atomic E-state index is 11.1. The summed E-state index contributed by atoms with van der Waals surface area (Å²) in [5, 5.41) is 3.24. The summed E-state index contributed by atoms with van der Waals surface area (Å²) < 4.78 is 4.60. The first-order chi connectivity index (χ1) is 8.24. The molecule has 0 atom stereocenters. The number of rotatable bonds is 6. The van der Waals surface area contributed by atoms with Gasteiger partial charge in [-0.1, -0.05) is 6.08 Å². The second kappa shape index (κ2) is 7.57. The van der Waals surface area contributed by atoms with Gasteiger partial charge in [-0.15, -0.1) is 0 Å². The van der Waals surface area contributed by atoms with Gasteiger partial charge in [0.25, 0.3) is 0 Å². The topological polar surface area (TPSA) is 51.2 Å². The molecule has 1 rings (SSSR count). The number of esters is 1. The van der Waals surface area contributed by atoms with E-state index in [0.717, 1.165) is 13.0 Å². The fraction of sp³-hybridized carbons (Fsp3) is 0.385. The lowest BCUT2D eigenvalue weighted by Gasteiger charge is -2.03. The number of carbonyl (C=O) groups excluding carboxylic acids is 1. The minimum absolute atomic E-state index is 0.277. The van der Waals surface area contributed by atoms with Crippen molar-refractivity contribution in [3.05, 3.63) is 41.7 Å². The van der Waals surface area contributed by atoms with Gasteiger partial charge in [0.05, 0.1) is 7.11 Å². The molecule has 0 aromatic carbocycles. The monoisotopic (exact) mass is 234 g/mol. The van der Waals surface area contributed by atoms with Crippen molar-refractivity contribution in [3.63, 3.8) is 0 Å². The lowest BCUT2D eigenvalue weighted by atomic mass is 10.2. The Hall–Kier alpha value is -1.68. The smallest absolute Gasteiger partial charge is 0.333 e. The minimum atomic E-state index is -0.277. The summed E-state index contributed by atoms with van der Waals surface area (Å²) >= 11 is 0. The van der Waals surface area contributed by atoms with Crippen LogP contribution in [0, 0.1) is 0 Å². The molecule has 4 heteroatoms. The third-order valence-electron chi connectivity index (χ3n) is 2.40. The van der Waals surface area contributed by atoms with Crippen molar-refractivity contribution >= 4 is 5.97 Å². The van der Waals surface area contributed by atoms with Gasteiger partial charge in [-0.25, -0.2) is 4.79 Å². The van der Waals surface area contributed by atoms with Gasteiger partial charge < -0.3 is 10.1 Å². The number of aromatic nitrogens is 1. The van der Waals surface area contributed by atoms with Gasteiger partial charge in [-0.3, -0.25) is 4.98 Å². The standard InChI is InChI=1S/C13H18N2O2/c1-11(13(16)17-2)3-7-14-8-4-12-5-9-15-10-6-12/h3,5-6,9-10,14H,4,7-8H2,1-2H3/b11-3+. The zero-order chi connectivity index (χ0) is 12.5. The lowest BCUT2D eigenvalue weighted by molar-refractivity contribution is -0.136. The Balaban J connectivity index is 2.19. The number of nitrogens with zero attached hydrogens (tertiary/aromatic N) is 1. The first-order valence-electron chi connectivity index (χ1n) is 5.58. The Morgan fingerprint density at radius 1 is 1.47 bits per heavy atom. The predicted octanol–water partition coefficient (Wildman–Crippen LogP) is 1.33. The van der Waals surface area contributed by atoms with E-state index in [-0.39, 0.29) is 5.97 Å². The highest BCUT2D eigenvalue weighted by atomic mass is 16.5. The molecule has 1 N–H and O–H groups in total. The van der Waals surface area contributed by atoms with Crippen LogP contribution >= 0.6 is 0 Å². The fourth-order valence-corrected chi connectivity index (χ4v) is 1.35. The largest absolute Gasteiger partial charge is 0.466 e. The quantitative estimate of drug-likeness (QED) is 0.458. The van der Waals surface area contributed by atoms with Crippen LogP contribution in [-0.4, -0.2) is 31.2 Å². The molecule has 1 heterocycles. The second-order valence-corrected chi connectivity index (χ2v) is 3.69. The molecule has 0 aliphatic rings. The molecule has 0 spiro atoms. The summed E-state index contributed by atoms with van der Waals surface area (Å²) in [6.45, 7) is 3.29. The van der Waals surface area contributed by atoms with E-state index in [1.165, 1.54) is 12.7 Å². The summed E-state index contributed by atoms with van der Waals surface area (Å²) in [6.07, 6.45) is 6.36. The molecule has 0 saturated carbocycles. The summed E-state index contributed by atoms with van der Waals surface area (Å²) in [6, 6.07) is 3.99. The molecule has 0 aliphatic heterocycles. The maximum absolute atomic E-state index is 11.1. The molecule has 1 aromatic rings. The molecule has 0 radical (unpaired) electrons. The highest BCUT2D eigenvalue weighted by Gasteiger charge is 2.00. The van der Waals surface area contributed by atoms with Crippen molar-refractivity contribution in [3.8, 4) is 0 Å². The predicted molar refractivity (Wildman–Crippen MR) is 66.6 cm³/mol. The first-order valence-corrected chi connectivity index (χ1v) is 5.58. The van der Waals surface area contributed by atoms with Crippen molar-refractivity contribution < 1.29 is 9.53 Å². The Morgan fingerprint density at radius 2 is 2.18 bits per heavy atom. The summed E-state index contributed by atoms with van der Waals surface area (Å²) in [5.74, 6) is -0.277. The van der Waals surface area contributed by atoms with Crippen LogP contribution in [0.2, 0.25) is 0 Å². The molecule has 1 aromatic heterocycles. The average molecular weight is 234 g/mol. The van der Waals surface area contributed by atoms with E-state index < -0.39 is 0 Å². The number of nitrogens with one attached hydrogen (secondary N) is 1. The van der Waals surface area contributed by atoms with Gasteiger partial charge in [0.2, 0.25) is 0 Å². The number of pyridine rings is 1. The second-order valence-electron chi connectivity index (χ2n) is 3.69. The van der Waals surface area contributed by atoms with E-state index >= 15 is 0 Å². The number of hydrogen-bond donors (Lipinski definition) is 1. The van der Waals surface area contributed by atoms with Crippen LogP contribution in [0.5, 0.6) is 0 Å². The van der Waals surface area contributed by atoms with Crippen LogP contribution in [0.3, 0.4) is 0 Å². The highest BCUT2D eigenvalue weighted by Crippen LogP contribution is 1.96. The van der Waals surface area contributed by atoms with Crippen LogP contribution in [-0.2, 0) is 16.0 Å². The Bertz CT molecular complexity index is 374. The summed E-state index contributed by atoms with van der Waals surface area (Å²) in [5.41, 5.74) is 1.88. The van der Waals surface area contributed by atoms with Crippen LogP contribution in [0.15, 0.2) is 36.2 Å². The van der Waals surface area contributed by atoms with E-state index in [9.17, 15) is 4.79 Å². The lowest BCUT2D eigenvalue weighted by Crippen LogP contribution is -2.18. The van der Waals surface area contributed by atoms with Crippen LogP contribution < -0.4 is 5.32 Å². The van der Waals surface area contributed by atoms with E-state index in [2.05, 4.69) is 15.0 Å². The van der Waals surface area contributed by atoms with Crippen LogP contribution in [0.4, 0.5) is 0 Å². The van der Waals surface area contributed by atoms with E-state index in [4.69, 9.17) is 0 Å². The van der Waals surface area contributed by atoms with Gasteiger partial charge in [0.15, 0.2) is 0 Å². The average Bonchev–Trinajstić information content (AvgIpc) is 2.38. The molecule has 0 amide bonds. The van der Waals surface area contributed by atoms with Crippen LogP contribution in [0.25, 0.3) is 0 Å². The Morgan fingerprint density at radius 3 is 2.82 bits per heavy atom. The highest BCUT2D eigenvalue weighted by molar-refractivity contribution is 5.87. The van der Waals surface area contributed by atoms with Crippen molar-refractivity contribution in [2.45, 2.75) is 13.3 Å². The number of carbonyl (C=O) groups is 1. The van der Waals surface area contributed by atoms with Gasteiger partial charge in [-0.05, 0) is 37.6 Å². The van der Waals surface area contributed by atoms with E-state index in [1.54, 1.807) is 19.3 Å². The molecule has 0 bridgehead atoms. The molecular formula is C13H18N2O2. The molecule has 0 unspecified atom stereocenters. The van der Waals surface area contributed by atoms with Crippen LogP contribution in [0.1, 0.15) is 12.5 Å². The summed E-state index contributed by atoms with van der Waals surface area (Å²) in [4.78, 5) is 15.0.